The van der Waals surface area contributed by atoms with Crippen molar-refractivity contribution in [1.29, 1.82) is 0 Å². The van der Waals surface area contributed by atoms with Crippen LogP contribution in [0.25, 0.3) is 0 Å². The molecular formula is C21H21ClFNO6. The molecule has 2 aromatic rings. The Morgan fingerprint density at radius 1 is 1.10 bits per heavy atom. The van der Waals surface area contributed by atoms with Crippen molar-refractivity contribution in [1.82, 2.24) is 0 Å². The van der Waals surface area contributed by atoms with Crippen molar-refractivity contribution in [3.63, 3.8) is 0 Å². The van der Waals surface area contributed by atoms with Crippen LogP contribution < -0.4 is 19.1 Å². The van der Waals surface area contributed by atoms with E-state index in [1.807, 2.05) is 0 Å². The number of rotatable bonds is 7. The standard InChI is InChI=1S/C21H21ClFNO6/c1-27-17-5-4-14(23)6-13(17)11-30-21(26)12-7-20(25)24(10-12)16-8-15(22)18(28-2)9-19(16)29-3/h4-6,8-9,12H,7,10-11H2,1-3H3/t12-/m0/s1. The second-order valence-corrected chi connectivity index (χ2v) is 7.04. The summed E-state index contributed by atoms with van der Waals surface area (Å²) in [5, 5.41) is 0.310. The number of ether oxygens (including phenoxy) is 4. The zero-order chi connectivity index (χ0) is 21.8. The minimum absolute atomic E-state index is 0.0219. The molecule has 1 atom stereocenters. The zero-order valence-corrected chi connectivity index (χ0v) is 17.5. The molecule has 0 unspecified atom stereocenters. The number of nitrogens with zero attached hydrogens (tertiary/aromatic N) is 1. The van der Waals surface area contributed by atoms with Gasteiger partial charge in [-0.05, 0) is 24.3 Å². The number of carbonyl (C=O) groups excluding carboxylic acids is 2. The highest BCUT2D eigenvalue weighted by atomic mass is 35.5. The molecule has 1 heterocycles. The highest BCUT2D eigenvalue weighted by Gasteiger charge is 2.37. The van der Waals surface area contributed by atoms with E-state index in [9.17, 15) is 14.0 Å². The predicted octanol–water partition coefficient (Wildman–Crippen LogP) is 3.60. The Morgan fingerprint density at radius 3 is 2.47 bits per heavy atom. The first-order chi connectivity index (χ1) is 14.4. The summed E-state index contributed by atoms with van der Waals surface area (Å²) in [5.41, 5.74) is 0.839. The van der Waals surface area contributed by atoms with E-state index in [0.29, 0.717) is 33.5 Å². The minimum Gasteiger partial charge on any atom is -0.496 e. The fraction of sp³-hybridized carbons (Fsp3) is 0.333. The van der Waals surface area contributed by atoms with Crippen LogP contribution in [0, 0.1) is 11.7 Å². The molecule has 0 aliphatic carbocycles. The van der Waals surface area contributed by atoms with Crippen LogP contribution in [0.5, 0.6) is 17.2 Å². The molecule has 9 heteroatoms. The number of esters is 1. The summed E-state index contributed by atoms with van der Waals surface area (Å²) in [4.78, 5) is 26.5. The second-order valence-electron chi connectivity index (χ2n) is 6.63. The number of anilines is 1. The lowest BCUT2D eigenvalue weighted by molar-refractivity contribution is -0.149. The summed E-state index contributed by atoms with van der Waals surface area (Å²) in [6.07, 6.45) is -0.0219. The molecule has 1 saturated heterocycles. The van der Waals surface area contributed by atoms with Gasteiger partial charge in [-0.2, -0.15) is 0 Å². The largest absolute Gasteiger partial charge is 0.496 e. The topological polar surface area (TPSA) is 74.3 Å². The van der Waals surface area contributed by atoms with E-state index in [-0.39, 0.29) is 25.5 Å². The Kier molecular flexibility index (Phi) is 6.66. The fourth-order valence-corrected chi connectivity index (χ4v) is 3.52. The van der Waals surface area contributed by atoms with Gasteiger partial charge in [0.25, 0.3) is 0 Å². The quantitative estimate of drug-likeness (QED) is 0.616. The first-order valence-electron chi connectivity index (χ1n) is 9.08. The van der Waals surface area contributed by atoms with Crippen LogP contribution in [0.4, 0.5) is 10.1 Å². The zero-order valence-electron chi connectivity index (χ0n) is 16.7. The highest BCUT2D eigenvalue weighted by molar-refractivity contribution is 6.32. The van der Waals surface area contributed by atoms with E-state index in [0.717, 1.165) is 0 Å². The maximum Gasteiger partial charge on any atom is 0.311 e. The smallest absolute Gasteiger partial charge is 0.311 e. The van der Waals surface area contributed by atoms with Gasteiger partial charge in [0.1, 0.15) is 29.7 Å². The molecular weight excluding hydrogens is 417 g/mol. The Morgan fingerprint density at radius 2 is 1.80 bits per heavy atom. The molecule has 0 radical (unpaired) electrons. The fourth-order valence-electron chi connectivity index (χ4n) is 3.28. The molecule has 1 amide bonds. The first kappa shape index (κ1) is 21.7. The molecule has 0 saturated carbocycles. The van der Waals surface area contributed by atoms with E-state index in [1.165, 1.54) is 44.4 Å². The van der Waals surface area contributed by atoms with Crippen molar-refractivity contribution >= 4 is 29.2 Å². The molecule has 3 rings (SSSR count). The number of hydrogen-bond donors (Lipinski definition) is 0. The number of amides is 1. The van der Waals surface area contributed by atoms with Crippen LogP contribution in [-0.2, 0) is 20.9 Å². The van der Waals surface area contributed by atoms with Gasteiger partial charge >= 0.3 is 5.97 Å². The third kappa shape index (κ3) is 4.43. The van der Waals surface area contributed by atoms with Gasteiger partial charge in [0.2, 0.25) is 5.91 Å². The molecule has 0 spiro atoms. The Labute approximate surface area is 178 Å². The Balaban J connectivity index is 1.72. The molecule has 0 aromatic heterocycles. The van der Waals surface area contributed by atoms with E-state index in [4.69, 9.17) is 30.5 Å². The Hall–Kier alpha value is -3.00. The summed E-state index contributed by atoms with van der Waals surface area (Å²) in [7, 11) is 4.38. The van der Waals surface area contributed by atoms with Gasteiger partial charge in [0.05, 0.1) is 38.0 Å². The van der Waals surface area contributed by atoms with Crippen LogP contribution in [0.2, 0.25) is 5.02 Å². The van der Waals surface area contributed by atoms with Crippen molar-refractivity contribution < 1.29 is 32.9 Å². The Bertz CT molecular complexity index is 967. The first-order valence-corrected chi connectivity index (χ1v) is 9.46. The average molecular weight is 438 g/mol. The predicted molar refractivity (Wildman–Crippen MR) is 108 cm³/mol. The van der Waals surface area contributed by atoms with Crippen LogP contribution in [0.3, 0.4) is 0 Å². The van der Waals surface area contributed by atoms with Crippen molar-refractivity contribution in [3.05, 3.63) is 46.7 Å². The molecule has 1 aliphatic rings. The third-order valence-corrected chi connectivity index (χ3v) is 5.11. The van der Waals surface area contributed by atoms with Crippen LogP contribution in [0.1, 0.15) is 12.0 Å². The molecule has 0 bridgehead atoms. The van der Waals surface area contributed by atoms with E-state index < -0.39 is 17.7 Å². The van der Waals surface area contributed by atoms with Crippen LogP contribution in [0.15, 0.2) is 30.3 Å². The molecule has 7 nitrogen and oxygen atoms in total. The maximum absolute atomic E-state index is 13.5. The summed E-state index contributed by atoms with van der Waals surface area (Å²) in [6.45, 7) is -0.0564. The monoisotopic (exact) mass is 437 g/mol. The average Bonchev–Trinajstić information content (AvgIpc) is 3.13. The lowest BCUT2D eigenvalue weighted by Crippen LogP contribution is -2.27. The molecule has 0 N–H and O–H groups in total. The summed E-state index contributed by atoms with van der Waals surface area (Å²) in [6, 6.07) is 7.09. The summed E-state index contributed by atoms with van der Waals surface area (Å²) < 4.78 is 34.5. The number of methoxy groups -OCH3 is 3. The number of halogens is 2. The van der Waals surface area contributed by atoms with E-state index in [2.05, 4.69) is 0 Å². The molecule has 30 heavy (non-hydrogen) atoms. The van der Waals surface area contributed by atoms with Crippen LogP contribution in [-0.4, -0.2) is 39.8 Å². The second kappa shape index (κ2) is 9.21. The summed E-state index contributed by atoms with van der Waals surface area (Å²) >= 11 is 6.19. The van der Waals surface area contributed by atoms with Gasteiger partial charge in [0.15, 0.2) is 0 Å². The number of carbonyl (C=O) groups is 2. The van der Waals surface area contributed by atoms with Crippen molar-refractivity contribution in [2.45, 2.75) is 13.0 Å². The molecule has 2 aromatic carbocycles. The SMILES string of the molecule is COc1cc(OC)c(N2C[C@@H](C(=O)OCc3cc(F)ccc3OC)CC2=O)cc1Cl. The van der Waals surface area contributed by atoms with Crippen molar-refractivity contribution in [2.24, 2.45) is 5.92 Å². The van der Waals surface area contributed by atoms with Gasteiger partial charge < -0.3 is 23.8 Å². The van der Waals surface area contributed by atoms with Gasteiger partial charge in [-0.3, -0.25) is 9.59 Å². The third-order valence-electron chi connectivity index (χ3n) is 4.81. The molecule has 1 fully saturated rings. The number of hydrogen-bond acceptors (Lipinski definition) is 6. The number of benzene rings is 2. The highest BCUT2D eigenvalue weighted by Crippen LogP contribution is 2.40. The van der Waals surface area contributed by atoms with Gasteiger partial charge in [0, 0.05) is 24.6 Å². The van der Waals surface area contributed by atoms with Gasteiger partial charge in [-0.15, -0.1) is 0 Å². The molecule has 1 aliphatic heterocycles. The molecule has 160 valence electrons. The lowest BCUT2D eigenvalue weighted by atomic mass is 10.1. The van der Waals surface area contributed by atoms with E-state index >= 15 is 0 Å². The lowest BCUT2D eigenvalue weighted by Gasteiger charge is -2.20. The van der Waals surface area contributed by atoms with Crippen molar-refractivity contribution in [3.8, 4) is 17.2 Å². The van der Waals surface area contributed by atoms with Crippen LogP contribution >= 0.6 is 11.6 Å². The summed E-state index contributed by atoms with van der Waals surface area (Å²) in [5.74, 6) is -0.760. The van der Waals surface area contributed by atoms with Crippen molar-refractivity contribution in [2.75, 3.05) is 32.8 Å². The normalized spacial score (nSPS) is 15.8. The minimum atomic E-state index is -0.678. The van der Waals surface area contributed by atoms with Gasteiger partial charge in [-0.1, -0.05) is 11.6 Å². The van der Waals surface area contributed by atoms with Gasteiger partial charge in [-0.25, -0.2) is 4.39 Å². The maximum atomic E-state index is 13.5. The van der Waals surface area contributed by atoms with E-state index in [1.54, 1.807) is 12.1 Å².